The minimum atomic E-state index is -0.0141. The van der Waals surface area contributed by atoms with Crippen LogP contribution in [0.2, 0.25) is 0 Å². The fourth-order valence-corrected chi connectivity index (χ4v) is 2.49. The highest BCUT2D eigenvalue weighted by Gasteiger charge is 2.28. The predicted molar refractivity (Wildman–Crippen MR) is 56.6 cm³/mol. The Balaban J connectivity index is 1.74. The molecule has 2 aliphatic rings. The van der Waals surface area contributed by atoms with Crippen molar-refractivity contribution in [3.63, 3.8) is 0 Å². The van der Waals surface area contributed by atoms with Crippen LogP contribution in [0.5, 0.6) is 0 Å². The van der Waals surface area contributed by atoms with Crippen LogP contribution in [-0.4, -0.2) is 55.2 Å². The highest BCUT2D eigenvalue weighted by molar-refractivity contribution is 4.80. The average Bonchev–Trinajstić information content (AvgIpc) is 2.87. The van der Waals surface area contributed by atoms with Crippen molar-refractivity contribution in [2.24, 2.45) is 0 Å². The fourth-order valence-electron chi connectivity index (χ4n) is 2.49. The van der Waals surface area contributed by atoms with Gasteiger partial charge in [-0.1, -0.05) is 0 Å². The topological polar surface area (TPSA) is 41.9 Å². The van der Waals surface area contributed by atoms with Gasteiger partial charge in [0.1, 0.15) is 0 Å². The second kappa shape index (κ2) is 5.80. The SMILES string of the molecule is OCCCC1CCCN1CC1OCCO1. The molecule has 0 saturated carbocycles. The number of aliphatic hydroxyl groups excluding tert-OH is 1. The van der Waals surface area contributed by atoms with Crippen LogP contribution >= 0.6 is 0 Å². The molecule has 1 N–H and O–H groups in total. The smallest absolute Gasteiger partial charge is 0.170 e. The molecule has 0 radical (unpaired) electrons. The molecule has 1 unspecified atom stereocenters. The lowest BCUT2D eigenvalue weighted by molar-refractivity contribution is -0.0643. The maximum absolute atomic E-state index is 8.83. The minimum absolute atomic E-state index is 0.0141. The zero-order valence-corrected chi connectivity index (χ0v) is 9.23. The van der Waals surface area contributed by atoms with Gasteiger partial charge in [0, 0.05) is 19.2 Å². The number of likely N-dealkylation sites (tertiary alicyclic amines) is 1. The molecular weight excluding hydrogens is 194 g/mol. The first kappa shape index (κ1) is 11.3. The summed E-state index contributed by atoms with van der Waals surface area (Å²) in [5, 5.41) is 8.83. The van der Waals surface area contributed by atoms with Gasteiger partial charge in [0.15, 0.2) is 6.29 Å². The van der Waals surface area contributed by atoms with Crippen LogP contribution in [0.4, 0.5) is 0 Å². The number of aliphatic hydroxyl groups is 1. The van der Waals surface area contributed by atoms with E-state index in [1.165, 1.54) is 12.8 Å². The van der Waals surface area contributed by atoms with Crippen molar-refractivity contribution in [1.29, 1.82) is 0 Å². The fraction of sp³-hybridized carbons (Fsp3) is 1.00. The minimum Gasteiger partial charge on any atom is -0.396 e. The molecule has 4 heteroatoms. The van der Waals surface area contributed by atoms with Gasteiger partial charge in [-0.2, -0.15) is 0 Å². The first-order chi connectivity index (χ1) is 7.40. The Morgan fingerprint density at radius 1 is 1.27 bits per heavy atom. The van der Waals surface area contributed by atoms with E-state index in [1.807, 2.05) is 0 Å². The van der Waals surface area contributed by atoms with Gasteiger partial charge in [-0.3, -0.25) is 4.90 Å². The Bertz CT molecular complexity index is 183. The van der Waals surface area contributed by atoms with Crippen molar-refractivity contribution in [2.45, 2.75) is 38.0 Å². The molecule has 0 spiro atoms. The molecule has 88 valence electrons. The van der Waals surface area contributed by atoms with Crippen molar-refractivity contribution in [1.82, 2.24) is 4.90 Å². The molecule has 2 rings (SSSR count). The van der Waals surface area contributed by atoms with E-state index in [4.69, 9.17) is 14.6 Å². The molecule has 2 aliphatic heterocycles. The van der Waals surface area contributed by atoms with Crippen LogP contribution in [-0.2, 0) is 9.47 Å². The summed E-state index contributed by atoms with van der Waals surface area (Å²) in [5.74, 6) is 0. The predicted octanol–water partition coefficient (Wildman–Crippen LogP) is 0.596. The van der Waals surface area contributed by atoms with Crippen LogP contribution in [0.25, 0.3) is 0 Å². The van der Waals surface area contributed by atoms with E-state index in [-0.39, 0.29) is 6.29 Å². The third-order valence-corrected chi connectivity index (χ3v) is 3.27. The monoisotopic (exact) mass is 215 g/mol. The Morgan fingerprint density at radius 2 is 2.07 bits per heavy atom. The van der Waals surface area contributed by atoms with E-state index in [1.54, 1.807) is 0 Å². The maximum atomic E-state index is 8.83. The molecule has 1 atom stereocenters. The summed E-state index contributed by atoms with van der Waals surface area (Å²) in [6.45, 7) is 3.83. The van der Waals surface area contributed by atoms with Crippen molar-refractivity contribution < 1.29 is 14.6 Å². The second-order valence-electron chi connectivity index (χ2n) is 4.33. The maximum Gasteiger partial charge on any atom is 0.170 e. The number of nitrogens with zero attached hydrogens (tertiary/aromatic N) is 1. The van der Waals surface area contributed by atoms with Crippen LogP contribution in [0.3, 0.4) is 0 Å². The Hall–Kier alpha value is -0.160. The van der Waals surface area contributed by atoms with E-state index < -0.39 is 0 Å². The van der Waals surface area contributed by atoms with Gasteiger partial charge in [0.25, 0.3) is 0 Å². The third-order valence-electron chi connectivity index (χ3n) is 3.27. The highest BCUT2D eigenvalue weighted by Crippen LogP contribution is 2.22. The number of ether oxygens (including phenoxy) is 2. The van der Waals surface area contributed by atoms with Crippen molar-refractivity contribution in [3.8, 4) is 0 Å². The summed E-state index contributed by atoms with van der Waals surface area (Å²) >= 11 is 0. The van der Waals surface area contributed by atoms with Crippen molar-refractivity contribution in [2.75, 3.05) is 32.9 Å². The van der Waals surface area contributed by atoms with E-state index in [0.29, 0.717) is 12.6 Å². The summed E-state index contributed by atoms with van der Waals surface area (Å²) in [5.41, 5.74) is 0. The number of hydrogen-bond acceptors (Lipinski definition) is 4. The summed E-state index contributed by atoms with van der Waals surface area (Å²) in [7, 11) is 0. The zero-order valence-electron chi connectivity index (χ0n) is 9.23. The quantitative estimate of drug-likeness (QED) is 0.729. The molecule has 2 fully saturated rings. The van der Waals surface area contributed by atoms with Crippen LogP contribution in [0.15, 0.2) is 0 Å². The molecule has 0 bridgehead atoms. The average molecular weight is 215 g/mol. The molecule has 2 heterocycles. The Labute approximate surface area is 91.2 Å². The van der Waals surface area contributed by atoms with E-state index >= 15 is 0 Å². The van der Waals surface area contributed by atoms with Gasteiger partial charge >= 0.3 is 0 Å². The lowest BCUT2D eigenvalue weighted by Gasteiger charge is -2.26. The van der Waals surface area contributed by atoms with Crippen LogP contribution in [0.1, 0.15) is 25.7 Å². The first-order valence-electron chi connectivity index (χ1n) is 5.98. The van der Waals surface area contributed by atoms with Gasteiger partial charge in [-0.05, 0) is 32.2 Å². The third kappa shape index (κ3) is 3.14. The molecule has 0 aromatic heterocycles. The molecule has 2 saturated heterocycles. The van der Waals surface area contributed by atoms with Crippen LogP contribution in [0, 0.1) is 0 Å². The van der Waals surface area contributed by atoms with Gasteiger partial charge in [0.2, 0.25) is 0 Å². The molecular formula is C11H21NO3. The molecule has 15 heavy (non-hydrogen) atoms. The normalized spacial score (nSPS) is 29.0. The van der Waals surface area contributed by atoms with Gasteiger partial charge in [-0.15, -0.1) is 0 Å². The summed E-state index contributed by atoms with van der Waals surface area (Å²) in [6, 6.07) is 0.630. The van der Waals surface area contributed by atoms with Gasteiger partial charge in [0.05, 0.1) is 13.2 Å². The van der Waals surface area contributed by atoms with Crippen molar-refractivity contribution in [3.05, 3.63) is 0 Å². The first-order valence-corrected chi connectivity index (χ1v) is 5.98. The van der Waals surface area contributed by atoms with Crippen LogP contribution < -0.4 is 0 Å². The Kier molecular flexibility index (Phi) is 4.38. The molecule has 4 nitrogen and oxygen atoms in total. The van der Waals surface area contributed by atoms with E-state index in [9.17, 15) is 0 Å². The molecule has 0 aromatic carbocycles. The van der Waals surface area contributed by atoms with E-state index in [2.05, 4.69) is 4.90 Å². The largest absolute Gasteiger partial charge is 0.396 e. The second-order valence-corrected chi connectivity index (χ2v) is 4.33. The molecule has 0 aromatic rings. The highest BCUT2D eigenvalue weighted by atomic mass is 16.7. The van der Waals surface area contributed by atoms with Crippen molar-refractivity contribution >= 4 is 0 Å². The summed E-state index contributed by atoms with van der Waals surface area (Å²) in [4.78, 5) is 2.45. The van der Waals surface area contributed by atoms with Gasteiger partial charge in [-0.25, -0.2) is 0 Å². The Morgan fingerprint density at radius 3 is 2.80 bits per heavy atom. The van der Waals surface area contributed by atoms with Gasteiger partial charge < -0.3 is 14.6 Å². The zero-order chi connectivity index (χ0) is 10.5. The number of hydrogen-bond donors (Lipinski definition) is 1. The summed E-state index contributed by atoms with van der Waals surface area (Å²) in [6.07, 6.45) is 4.52. The number of rotatable bonds is 5. The molecule has 0 aliphatic carbocycles. The lowest BCUT2D eigenvalue weighted by Crippen LogP contribution is -2.36. The standard InChI is InChI=1S/C11H21NO3/c13-6-2-4-10-3-1-5-12(10)9-11-14-7-8-15-11/h10-11,13H,1-9H2. The lowest BCUT2D eigenvalue weighted by atomic mass is 10.1. The summed E-state index contributed by atoms with van der Waals surface area (Å²) < 4.78 is 10.9. The molecule has 0 amide bonds. The van der Waals surface area contributed by atoms with E-state index in [0.717, 1.165) is 39.1 Å².